The van der Waals surface area contributed by atoms with Crippen molar-refractivity contribution in [2.45, 2.75) is 38.8 Å². The fourth-order valence-corrected chi connectivity index (χ4v) is 3.35. The van der Waals surface area contributed by atoms with Crippen molar-refractivity contribution in [1.29, 1.82) is 0 Å². The molecular formula is C20H33N3O2. The van der Waals surface area contributed by atoms with E-state index in [9.17, 15) is 4.79 Å². The Morgan fingerprint density at radius 3 is 2.72 bits per heavy atom. The molecule has 0 aromatic heterocycles. The Kier molecular flexibility index (Phi) is 7.72. The fourth-order valence-electron chi connectivity index (χ4n) is 3.35. The fraction of sp³-hybridized carbons (Fsp3) is 0.650. The molecule has 1 aromatic rings. The standard InChI is InChI=1S/C20H33N3O2/c1-16(23-12-9-17(10-13-23)8-11-22(2)3)20(24)21-15-18-6-5-7-19(14-18)25-4/h5-7,14,16-17H,8-13,15H2,1-4H3,(H,21,24). The van der Waals surface area contributed by atoms with E-state index < -0.39 is 0 Å². The molecule has 1 aromatic carbocycles. The summed E-state index contributed by atoms with van der Waals surface area (Å²) in [5.74, 6) is 1.72. The Morgan fingerprint density at radius 1 is 1.36 bits per heavy atom. The van der Waals surface area contributed by atoms with Crippen molar-refractivity contribution in [3.05, 3.63) is 29.8 Å². The van der Waals surface area contributed by atoms with Crippen LogP contribution < -0.4 is 10.1 Å². The first-order chi connectivity index (χ1) is 12.0. The van der Waals surface area contributed by atoms with Crippen LogP contribution in [0.1, 0.15) is 31.7 Å². The molecule has 1 heterocycles. The van der Waals surface area contributed by atoms with E-state index in [0.29, 0.717) is 6.54 Å². The van der Waals surface area contributed by atoms with Crippen LogP contribution in [0.5, 0.6) is 5.75 Å². The van der Waals surface area contributed by atoms with Crippen LogP contribution in [-0.2, 0) is 11.3 Å². The summed E-state index contributed by atoms with van der Waals surface area (Å²) in [5, 5.41) is 3.06. The van der Waals surface area contributed by atoms with Crippen molar-refractivity contribution in [1.82, 2.24) is 15.1 Å². The van der Waals surface area contributed by atoms with Gasteiger partial charge in [0.05, 0.1) is 13.2 Å². The zero-order valence-corrected chi connectivity index (χ0v) is 16.1. The largest absolute Gasteiger partial charge is 0.497 e. The predicted molar refractivity (Wildman–Crippen MR) is 102 cm³/mol. The lowest BCUT2D eigenvalue weighted by Crippen LogP contribution is -2.48. The van der Waals surface area contributed by atoms with Crippen molar-refractivity contribution in [3.63, 3.8) is 0 Å². The number of likely N-dealkylation sites (tertiary alicyclic amines) is 1. The number of hydrogen-bond acceptors (Lipinski definition) is 4. The van der Waals surface area contributed by atoms with E-state index in [2.05, 4.69) is 29.2 Å². The normalized spacial score (nSPS) is 17.5. The summed E-state index contributed by atoms with van der Waals surface area (Å²) in [6, 6.07) is 7.75. The van der Waals surface area contributed by atoms with Crippen molar-refractivity contribution in [2.75, 3.05) is 40.8 Å². The van der Waals surface area contributed by atoms with Gasteiger partial charge in [0.1, 0.15) is 5.75 Å². The number of carbonyl (C=O) groups excluding carboxylic acids is 1. The van der Waals surface area contributed by atoms with Gasteiger partial charge < -0.3 is 15.0 Å². The highest BCUT2D eigenvalue weighted by Gasteiger charge is 2.26. The highest BCUT2D eigenvalue weighted by molar-refractivity contribution is 5.81. The first-order valence-corrected chi connectivity index (χ1v) is 9.29. The van der Waals surface area contributed by atoms with Crippen LogP contribution in [0.4, 0.5) is 0 Å². The maximum atomic E-state index is 12.5. The van der Waals surface area contributed by atoms with Crippen molar-refractivity contribution in [2.24, 2.45) is 5.92 Å². The molecule has 0 saturated carbocycles. The Hall–Kier alpha value is -1.59. The van der Waals surface area contributed by atoms with Gasteiger partial charge in [0, 0.05) is 6.54 Å². The van der Waals surface area contributed by atoms with E-state index >= 15 is 0 Å². The van der Waals surface area contributed by atoms with E-state index in [-0.39, 0.29) is 11.9 Å². The van der Waals surface area contributed by atoms with Gasteiger partial charge in [-0.2, -0.15) is 0 Å². The van der Waals surface area contributed by atoms with Crippen LogP contribution in [0.15, 0.2) is 24.3 Å². The molecule has 0 aliphatic carbocycles. The average Bonchev–Trinajstić information content (AvgIpc) is 2.64. The van der Waals surface area contributed by atoms with Crippen LogP contribution in [-0.4, -0.2) is 62.6 Å². The number of benzene rings is 1. The third-order valence-electron chi connectivity index (χ3n) is 5.16. The molecule has 25 heavy (non-hydrogen) atoms. The molecule has 0 bridgehead atoms. The minimum atomic E-state index is -0.0691. The van der Waals surface area contributed by atoms with Gasteiger partial charge in [-0.25, -0.2) is 0 Å². The van der Waals surface area contributed by atoms with Gasteiger partial charge in [0.25, 0.3) is 0 Å². The van der Waals surface area contributed by atoms with Gasteiger partial charge in [-0.1, -0.05) is 12.1 Å². The van der Waals surface area contributed by atoms with Crippen LogP contribution in [0.2, 0.25) is 0 Å². The molecule has 5 heteroatoms. The van der Waals surface area contributed by atoms with Gasteiger partial charge in [0.2, 0.25) is 5.91 Å². The lowest BCUT2D eigenvalue weighted by atomic mass is 9.92. The molecule has 0 spiro atoms. The van der Waals surface area contributed by atoms with Crippen molar-refractivity contribution >= 4 is 5.91 Å². The molecule has 2 rings (SSSR count). The van der Waals surface area contributed by atoms with Gasteiger partial charge >= 0.3 is 0 Å². The van der Waals surface area contributed by atoms with Crippen molar-refractivity contribution < 1.29 is 9.53 Å². The molecule has 1 atom stereocenters. The third-order valence-corrected chi connectivity index (χ3v) is 5.16. The highest BCUT2D eigenvalue weighted by Crippen LogP contribution is 2.22. The summed E-state index contributed by atoms with van der Waals surface area (Å²) < 4.78 is 5.22. The van der Waals surface area contributed by atoms with E-state index in [1.165, 1.54) is 19.3 Å². The Balaban J connectivity index is 1.74. The van der Waals surface area contributed by atoms with E-state index in [1.807, 2.05) is 31.2 Å². The van der Waals surface area contributed by atoms with Crippen LogP contribution in [0, 0.1) is 5.92 Å². The Labute approximate surface area is 152 Å². The summed E-state index contributed by atoms with van der Waals surface area (Å²) in [5.41, 5.74) is 1.06. The number of piperidine rings is 1. The number of nitrogens with one attached hydrogen (secondary N) is 1. The summed E-state index contributed by atoms with van der Waals surface area (Å²) in [4.78, 5) is 17.0. The second kappa shape index (κ2) is 9.78. The number of amides is 1. The zero-order chi connectivity index (χ0) is 18.2. The molecule has 1 fully saturated rings. The zero-order valence-electron chi connectivity index (χ0n) is 16.1. The maximum absolute atomic E-state index is 12.5. The SMILES string of the molecule is COc1cccc(CNC(=O)C(C)N2CCC(CCN(C)C)CC2)c1. The molecule has 5 nitrogen and oxygen atoms in total. The number of rotatable bonds is 8. The van der Waals surface area contributed by atoms with Crippen molar-refractivity contribution in [3.8, 4) is 5.75 Å². The summed E-state index contributed by atoms with van der Waals surface area (Å²) >= 11 is 0. The lowest BCUT2D eigenvalue weighted by molar-refractivity contribution is -0.126. The predicted octanol–water partition coefficient (Wildman–Crippen LogP) is 2.36. The Bertz CT molecular complexity index is 539. The van der Waals surface area contributed by atoms with Gasteiger partial charge in [0.15, 0.2) is 0 Å². The average molecular weight is 348 g/mol. The molecule has 140 valence electrons. The topological polar surface area (TPSA) is 44.8 Å². The summed E-state index contributed by atoms with van der Waals surface area (Å²) in [6.45, 7) is 5.75. The second-order valence-corrected chi connectivity index (χ2v) is 7.32. The maximum Gasteiger partial charge on any atom is 0.237 e. The van der Waals surface area contributed by atoms with E-state index in [0.717, 1.165) is 36.9 Å². The molecule has 0 radical (unpaired) electrons. The molecular weight excluding hydrogens is 314 g/mol. The van der Waals surface area contributed by atoms with E-state index in [4.69, 9.17) is 4.74 Å². The van der Waals surface area contributed by atoms with Gasteiger partial charge in [-0.15, -0.1) is 0 Å². The number of hydrogen-bond donors (Lipinski definition) is 1. The first kappa shape index (κ1) is 19.7. The summed E-state index contributed by atoms with van der Waals surface area (Å²) in [7, 11) is 5.91. The van der Waals surface area contributed by atoms with E-state index in [1.54, 1.807) is 7.11 Å². The minimum Gasteiger partial charge on any atom is -0.497 e. The molecule has 1 unspecified atom stereocenters. The third kappa shape index (κ3) is 6.33. The highest BCUT2D eigenvalue weighted by atomic mass is 16.5. The smallest absolute Gasteiger partial charge is 0.237 e. The molecule has 1 N–H and O–H groups in total. The molecule has 1 aliphatic heterocycles. The lowest BCUT2D eigenvalue weighted by Gasteiger charge is -2.35. The number of nitrogens with zero attached hydrogens (tertiary/aromatic N) is 2. The minimum absolute atomic E-state index is 0.0691. The first-order valence-electron chi connectivity index (χ1n) is 9.29. The molecule has 1 saturated heterocycles. The number of ether oxygens (including phenoxy) is 1. The summed E-state index contributed by atoms with van der Waals surface area (Å²) in [6.07, 6.45) is 3.65. The van der Waals surface area contributed by atoms with Gasteiger partial charge in [-0.3, -0.25) is 9.69 Å². The molecule has 1 amide bonds. The monoisotopic (exact) mass is 347 g/mol. The Morgan fingerprint density at radius 2 is 2.08 bits per heavy atom. The number of methoxy groups -OCH3 is 1. The second-order valence-electron chi connectivity index (χ2n) is 7.32. The van der Waals surface area contributed by atoms with Crippen LogP contribution in [0.25, 0.3) is 0 Å². The molecule has 1 aliphatic rings. The van der Waals surface area contributed by atoms with Crippen LogP contribution in [0.3, 0.4) is 0 Å². The van der Waals surface area contributed by atoms with Gasteiger partial charge in [-0.05, 0) is 83.5 Å². The quantitative estimate of drug-likeness (QED) is 0.784. The number of carbonyl (C=O) groups is 1. The van der Waals surface area contributed by atoms with Crippen LogP contribution >= 0.6 is 0 Å².